The molecule has 2 atom stereocenters. The third kappa shape index (κ3) is 3.49. The molecule has 2 heterocycles. The molecule has 0 saturated heterocycles. The number of nitrogens with one attached hydrogen (secondary N) is 1. The van der Waals surface area contributed by atoms with Gasteiger partial charge >= 0.3 is 0 Å². The molecule has 3 aromatic rings. The van der Waals surface area contributed by atoms with E-state index in [0.29, 0.717) is 0 Å². The molecule has 124 valence electrons. The highest BCUT2D eigenvalue weighted by Gasteiger charge is 2.16. The lowest BCUT2D eigenvalue weighted by molar-refractivity contribution is 0.481. The molecule has 6 nitrogen and oxygen atoms in total. The number of hydrogen-bond donors (Lipinski definition) is 1. The summed E-state index contributed by atoms with van der Waals surface area (Å²) in [7, 11) is 0. The van der Waals surface area contributed by atoms with Crippen molar-refractivity contribution < 1.29 is 0 Å². The maximum Gasteiger partial charge on any atom is 0.125 e. The first-order chi connectivity index (χ1) is 11.5. The summed E-state index contributed by atoms with van der Waals surface area (Å²) >= 11 is 0. The van der Waals surface area contributed by atoms with Gasteiger partial charge in [-0.15, -0.1) is 5.10 Å². The highest BCUT2D eigenvalue weighted by molar-refractivity contribution is 5.30. The van der Waals surface area contributed by atoms with E-state index in [0.717, 1.165) is 28.5 Å². The highest BCUT2D eigenvalue weighted by Crippen LogP contribution is 2.20. The second-order valence-electron chi connectivity index (χ2n) is 5.99. The number of hydrogen-bond acceptors (Lipinski definition) is 5. The maximum atomic E-state index is 4.44. The van der Waals surface area contributed by atoms with E-state index in [1.54, 1.807) is 4.68 Å². The summed E-state index contributed by atoms with van der Waals surface area (Å²) in [6.45, 7) is 8.11. The van der Waals surface area contributed by atoms with Crippen LogP contribution >= 0.6 is 0 Å². The topological polar surface area (TPSA) is 68.5 Å². The third-order valence-corrected chi connectivity index (χ3v) is 4.08. The second kappa shape index (κ2) is 6.88. The Labute approximate surface area is 142 Å². The molecule has 0 aliphatic carbocycles. The minimum atomic E-state index is 0.0677. The van der Waals surface area contributed by atoms with Crippen LogP contribution in [-0.4, -0.2) is 25.0 Å². The van der Waals surface area contributed by atoms with Crippen LogP contribution in [0.5, 0.6) is 0 Å². The number of rotatable bonds is 5. The first kappa shape index (κ1) is 16.3. The third-order valence-electron chi connectivity index (χ3n) is 4.08. The zero-order valence-corrected chi connectivity index (χ0v) is 14.4. The molecule has 6 heteroatoms. The largest absolute Gasteiger partial charge is 0.302 e. The molecule has 0 amide bonds. The van der Waals surface area contributed by atoms with Gasteiger partial charge in [-0.05, 0) is 39.8 Å². The Hall–Kier alpha value is -2.60. The molecule has 24 heavy (non-hydrogen) atoms. The average molecular weight is 322 g/mol. The Morgan fingerprint density at radius 2 is 1.79 bits per heavy atom. The molecule has 0 fully saturated rings. The summed E-state index contributed by atoms with van der Waals surface area (Å²) < 4.78 is 1.79. The molecule has 0 radical (unpaired) electrons. The summed E-state index contributed by atoms with van der Waals surface area (Å²) in [5.41, 5.74) is 4.00. The molecule has 0 spiro atoms. The summed E-state index contributed by atoms with van der Waals surface area (Å²) in [5, 5.41) is 12.1. The summed E-state index contributed by atoms with van der Waals surface area (Å²) in [5.74, 6) is 0.794. The van der Waals surface area contributed by atoms with Gasteiger partial charge < -0.3 is 5.32 Å². The molecule has 0 aliphatic rings. The number of nitrogens with zero attached hydrogens (tertiary/aromatic N) is 5. The van der Waals surface area contributed by atoms with Crippen molar-refractivity contribution in [3.05, 3.63) is 65.5 Å². The molecule has 2 aromatic heterocycles. The predicted octanol–water partition coefficient (Wildman–Crippen LogP) is 3.09. The van der Waals surface area contributed by atoms with Crippen LogP contribution < -0.4 is 5.32 Å². The lowest BCUT2D eigenvalue weighted by Crippen LogP contribution is -2.24. The molecule has 1 aromatic carbocycles. The van der Waals surface area contributed by atoms with E-state index >= 15 is 0 Å². The SMILES string of the molecule is Cc1ncc([C@H](C)N[C@H](C)c2cn(-c3ccccc3)nn2)c(C)n1. The summed E-state index contributed by atoms with van der Waals surface area (Å²) in [6.07, 6.45) is 3.85. The van der Waals surface area contributed by atoms with Crippen molar-refractivity contribution in [2.75, 3.05) is 0 Å². The van der Waals surface area contributed by atoms with Gasteiger partial charge in [0.1, 0.15) is 5.82 Å². The molecular weight excluding hydrogens is 300 g/mol. The first-order valence-corrected chi connectivity index (χ1v) is 8.08. The Bertz CT molecular complexity index is 811. The highest BCUT2D eigenvalue weighted by atomic mass is 15.4. The average Bonchev–Trinajstić information content (AvgIpc) is 3.05. The van der Waals surface area contributed by atoms with E-state index in [4.69, 9.17) is 0 Å². The fourth-order valence-corrected chi connectivity index (χ4v) is 2.75. The summed E-state index contributed by atoms with van der Waals surface area (Å²) in [6, 6.07) is 10.2. The van der Waals surface area contributed by atoms with Crippen molar-refractivity contribution in [3.8, 4) is 5.69 Å². The molecule has 0 bridgehead atoms. The number of benzene rings is 1. The van der Waals surface area contributed by atoms with Crippen molar-refractivity contribution in [3.63, 3.8) is 0 Å². The standard InChI is InChI=1S/C18H22N6/c1-12(17-10-19-15(4)21-13(17)2)20-14(3)18-11-24(23-22-18)16-8-6-5-7-9-16/h5-12,14,20H,1-4H3/t12-,14+/m0/s1. The molecular formula is C18H22N6. The lowest BCUT2D eigenvalue weighted by atomic mass is 10.1. The van der Waals surface area contributed by atoms with Crippen molar-refractivity contribution in [1.29, 1.82) is 0 Å². The number of para-hydroxylation sites is 1. The minimum Gasteiger partial charge on any atom is -0.302 e. The van der Waals surface area contributed by atoms with Crippen molar-refractivity contribution >= 4 is 0 Å². The van der Waals surface area contributed by atoms with Gasteiger partial charge in [-0.25, -0.2) is 14.6 Å². The molecule has 0 saturated carbocycles. The molecule has 0 unspecified atom stereocenters. The van der Waals surface area contributed by atoms with Gasteiger partial charge in [-0.3, -0.25) is 0 Å². The zero-order valence-electron chi connectivity index (χ0n) is 14.4. The molecule has 0 aliphatic heterocycles. The normalized spacial score (nSPS) is 13.7. The Morgan fingerprint density at radius 1 is 1.04 bits per heavy atom. The quantitative estimate of drug-likeness (QED) is 0.782. The first-order valence-electron chi connectivity index (χ1n) is 8.08. The second-order valence-corrected chi connectivity index (χ2v) is 5.99. The monoisotopic (exact) mass is 322 g/mol. The van der Waals surface area contributed by atoms with Crippen LogP contribution in [0.4, 0.5) is 0 Å². The number of aromatic nitrogens is 5. The van der Waals surface area contributed by atoms with Crippen molar-refractivity contribution in [1.82, 2.24) is 30.3 Å². The van der Waals surface area contributed by atoms with Gasteiger partial charge in [0.2, 0.25) is 0 Å². The minimum absolute atomic E-state index is 0.0677. The Balaban J connectivity index is 1.73. The maximum absolute atomic E-state index is 4.44. The van der Waals surface area contributed by atoms with Gasteiger partial charge in [0.25, 0.3) is 0 Å². The van der Waals surface area contributed by atoms with E-state index < -0.39 is 0 Å². The van der Waals surface area contributed by atoms with Gasteiger partial charge in [-0.2, -0.15) is 0 Å². The fraction of sp³-hybridized carbons (Fsp3) is 0.333. The smallest absolute Gasteiger partial charge is 0.125 e. The predicted molar refractivity (Wildman–Crippen MR) is 92.8 cm³/mol. The van der Waals surface area contributed by atoms with Gasteiger partial charge in [0.05, 0.1) is 23.6 Å². The van der Waals surface area contributed by atoms with Crippen LogP contribution in [-0.2, 0) is 0 Å². The number of aryl methyl sites for hydroxylation is 2. The van der Waals surface area contributed by atoms with Crippen LogP contribution in [0.25, 0.3) is 5.69 Å². The van der Waals surface area contributed by atoms with E-state index in [9.17, 15) is 0 Å². The van der Waals surface area contributed by atoms with Crippen LogP contribution in [0.2, 0.25) is 0 Å². The molecule has 1 N–H and O–H groups in total. The van der Waals surface area contributed by atoms with Gasteiger partial charge in [0, 0.05) is 23.5 Å². The van der Waals surface area contributed by atoms with E-state index in [1.165, 1.54) is 0 Å². The van der Waals surface area contributed by atoms with Crippen molar-refractivity contribution in [2.24, 2.45) is 0 Å². The van der Waals surface area contributed by atoms with Crippen LogP contribution in [0, 0.1) is 13.8 Å². The van der Waals surface area contributed by atoms with Crippen LogP contribution in [0.15, 0.2) is 42.7 Å². The van der Waals surface area contributed by atoms with E-state index in [1.807, 2.05) is 56.6 Å². The summed E-state index contributed by atoms with van der Waals surface area (Å²) in [4.78, 5) is 8.74. The van der Waals surface area contributed by atoms with Crippen molar-refractivity contribution in [2.45, 2.75) is 39.8 Å². The van der Waals surface area contributed by atoms with Gasteiger partial charge in [-0.1, -0.05) is 23.4 Å². The van der Waals surface area contributed by atoms with Crippen LogP contribution in [0.1, 0.15) is 48.7 Å². The van der Waals surface area contributed by atoms with E-state index in [-0.39, 0.29) is 12.1 Å². The fourth-order valence-electron chi connectivity index (χ4n) is 2.75. The van der Waals surface area contributed by atoms with E-state index in [2.05, 4.69) is 39.4 Å². The Kier molecular flexibility index (Phi) is 4.66. The van der Waals surface area contributed by atoms with Gasteiger partial charge in [0.15, 0.2) is 0 Å². The molecule has 3 rings (SSSR count). The Morgan fingerprint density at radius 3 is 2.50 bits per heavy atom. The van der Waals surface area contributed by atoms with Crippen LogP contribution in [0.3, 0.4) is 0 Å². The zero-order chi connectivity index (χ0) is 17.1. The lowest BCUT2D eigenvalue weighted by Gasteiger charge is -2.19.